The molecule has 1 aliphatic heterocycles. The summed E-state index contributed by atoms with van der Waals surface area (Å²) in [6.45, 7) is 10.7. The molecular formula is C22H27ClN2O5S. The van der Waals surface area contributed by atoms with Gasteiger partial charge >= 0.3 is 6.09 Å². The second kappa shape index (κ2) is 9.70. The summed E-state index contributed by atoms with van der Waals surface area (Å²) in [5.41, 5.74) is 2.13. The van der Waals surface area contributed by atoms with Crippen LogP contribution in [0.15, 0.2) is 47.4 Å². The molecule has 1 atom stereocenters. The number of fused-ring (bicyclic) bond motifs is 1. The van der Waals surface area contributed by atoms with Crippen LogP contribution in [-0.2, 0) is 19.4 Å². The average Bonchev–Trinajstić information content (AvgIpc) is 2.62. The highest BCUT2D eigenvalue weighted by molar-refractivity contribution is 7.93. The second-order valence-electron chi connectivity index (χ2n) is 7.66. The zero-order valence-electron chi connectivity index (χ0n) is 18.3. The van der Waals surface area contributed by atoms with E-state index in [-0.39, 0.29) is 29.6 Å². The zero-order valence-corrected chi connectivity index (χ0v) is 19.8. The van der Waals surface area contributed by atoms with E-state index in [0.717, 1.165) is 11.7 Å². The van der Waals surface area contributed by atoms with E-state index in [0.29, 0.717) is 22.5 Å². The maximum atomic E-state index is 12.8. The van der Waals surface area contributed by atoms with E-state index < -0.39 is 15.9 Å². The van der Waals surface area contributed by atoms with E-state index in [1.165, 1.54) is 24.0 Å². The van der Waals surface area contributed by atoms with Crippen LogP contribution in [0.5, 0.6) is 0 Å². The van der Waals surface area contributed by atoms with Gasteiger partial charge in [-0.2, -0.15) is 0 Å². The highest BCUT2D eigenvalue weighted by atomic mass is 35.5. The predicted octanol–water partition coefficient (Wildman–Crippen LogP) is 4.49. The molecule has 0 unspecified atom stereocenters. The van der Waals surface area contributed by atoms with Crippen molar-refractivity contribution in [1.82, 2.24) is 0 Å². The van der Waals surface area contributed by atoms with E-state index in [2.05, 4.69) is 6.58 Å². The third-order valence-corrected chi connectivity index (χ3v) is 5.19. The summed E-state index contributed by atoms with van der Waals surface area (Å²) < 4.78 is 28.6. The minimum absolute atomic E-state index is 0.153. The lowest BCUT2D eigenvalue weighted by atomic mass is 10.0. The molecule has 0 fully saturated rings. The number of rotatable bonds is 5. The Balaban J connectivity index is 2.67. The first kappa shape index (κ1) is 24.7. The van der Waals surface area contributed by atoms with Crippen molar-refractivity contribution in [2.24, 2.45) is 0 Å². The number of carbonyl (C=O) groups is 2. The normalized spacial score (nSPS) is 17.1. The molecule has 9 heteroatoms. The van der Waals surface area contributed by atoms with Crippen LogP contribution in [0.3, 0.4) is 0 Å². The fourth-order valence-electron chi connectivity index (χ4n) is 3.32. The Morgan fingerprint density at radius 2 is 1.94 bits per heavy atom. The van der Waals surface area contributed by atoms with Crippen molar-refractivity contribution in [3.63, 3.8) is 0 Å². The lowest BCUT2D eigenvalue weighted by Crippen LogP contribution is -2.51. The van der Waals surface area contributed by atoms with Gasteiger partial charge in [0.1, 0.15) is 0 Å². The number of hydrogen-bond acceptors (Lipinski definition) is 5. The summed E-state index contributed by atoms with van der Waals surface area (Å²) in [5.74, 6) is -0.153. The molecule has 0 saturated heterocycles. The van der Waals surface area contributed by atoms with Gasteiger partial charge in [-0.3, -0.25) is 9.69 Å². The highest BCUT2D eigenvalue weighted by Crippen LogP contribution is 2.38. The van der Waals surface area contributed by atoms with Crippen molar-refractivity contribution in [2.45, 2.75) is 39.8 Å². The Labute approximate surface area is 188 Å². The number of amides is 2. The molecule has 0 bridgehead atoms. The molecule has 0 saturated carbocycles. The third kappa shape index (κ3) is 6.45. The van der Waals surface area contributed by atoms with E-state index >= 15 is 0 Å². The molecule has 1 heterocycles. The molecule has 2 rings (SSSR count). The van der Waals surface area contributed by atoms with Crippen LogP contribution in [0.1, 0.15) is 33.3 Å². The first-order valence-corrected chi connectivity index (χ1v) is 12.0. The maximum absolute atomic E-state index is 12.8. The smallest absolute Gasteiger partial charge is 0.414 e. The van der Waals surface area contributed by atoms with Crippen molar-refractivity contribution in [3.8, 4) is 0 Å². The number of benzene rings is 1. The van der Waals surface area contributed by atoms with Gasteiger partial charge in [-0.1, -0.05) is 24.2 Å². The molecular weight excluding hydrogens is 440 g/mol. The van der Waals surface area contributed by atoms with Crippen LogP contribution < -0.4 is 9.80 Å². The van der Waals surface area contributed by atoms with Gasteiger partial charge < -0.3 is 9.64 Å². The van der Waals surface area contributed by atoms with Crippen molar-refractivity contribution in [1.29, 1.82) is 0 Å². The number of carbonyl (C=O) groups excluding carboxylic acids is 2. The number of hydrogen-bond donors (Lipinski definition) is 0. The van der Waals surface area contributed by atoms with E-state index in [1.807, 2.05) is 6.92 Å². The highest BCUT2D eigenvalue weighted by Gasteiger charge is 2.34. The average molecular weight is 467 g/mol. The molecule has 7 nitrogen and oxygen atoms in total. The molecule has 168 valence electrons. The third-order valence-electron chi connectivity index (χ3n) is 4.45. The SMILES string of the molecule is C=C(Cl)/C=C(\C=C\S(C)(=O)=O)c1ccc2c(c1)N(C(=O)OC(C)C)C[C@H](C)N2C(C)=O. The minimum Gasteiger partial charge on any atom is -0.446 e. The number of ether oxygens (including phenoxy) is 1. The van der Waals surface area contributed by atoms with Gasteiger partial charge in [0.05, 0.1) is 23.5 Å². The lowest BCUT2D eigenvalue weighted by Gasteiger charge is -2.40. The zero-order chi connectivity index (χ0) is 23.5. The van der Waals surface area contributed by atoms with Gasteiger partial charge in [-0.05, 0) is 56.2 Å². The van der Waals surface area contributed by atoms with E-state index in [4.69, 9.17) is 16.3 Å². The molecule has 2 amide bonds. The predicted molar refractivity (Wildman–Crippen MR) is 125 cm³/mol. The maximum Gasteiger partial charge on any atom is 0.414 e. The number of allylic oxidation sites excluding steroid dienone is 4. The van der Waals surface area contributed by atoms with Gasteiger partial charge in [0.2, 0.25) is 5.91 Å². The summed E-state index contributed by atoms with van der Waals surface area (Å²) in [5, 5.41) is 1.27. The molecule has 0 aliphatic carbocycles. The molecule has 0 N–H and O–H groups in total. The van der Waals surface area contributed by atoms with Crippen LogP contribution in [0.2, 0.25) is 0 Å². The molecule has 31 heavy (non-hydrogen) atoms. The van der Waals surface area contributed by atoms with Crippen molar-refractivity contribution in [2.75, 3.05) is 22.6 Å². The molecule has 1 aromatic rings. The fraction of sp³-hybridized carbons (Fsp3) is 0.364. The van der Waals surface area contributed by atoms with Crippen LogP contribution in [0, 0.1) is 0 Å². The number of anilines is 2. The Hall–Kier alpha value is -2.58. The van der Waals surface area contributed by atoms with Crippen LogP contribution in [0.25, 0.3) is 5.57 Å². The summed E-state index contributed by atoms with van der Waals surface area (Å²) in [6, 6.07) is 4.91. The minimum atomic E-state index is -3.38. The summed E-state index contributed by atoms with van der Waals surface area (Å²) in [7, 11) is -3.38. The number of sulfone groups is 1. The van der Waals surface area contributed by atoms with Crippen LogP contribution in [0.4, 0.5) is 16.2 Å². The molecule has 1 aliphatic rings. The Morgan fingerprint density at radius 3 is 2.45 bits per heavy atom. The second-order valence-corrected chi connectivity index (χ2v) is 10.1. The topological polar surface area (TPSA) is 84.0 Å². The van der Waals surface area contributed by atoms with Crippen molar-refractivity contribution in [3.05, 3.63) is 52.9 Å². The Morgan fingerprint density at radius 1 is 1.29 bits per heavy atom. The monoisotopic (exact) mass is 466 g/mol. The van der Waals surface area contributed by atoms with Gasteiger partial charge in [0, 0.05) is 30.2 Å². The van der Waals surface area contributed by atoms with Gasteiger partial charge in [-0.25, -0.2) is 13.2 Å². The molecule has 1 aromatic carbocycles. The van der Waals surface area contributed by atoms with Crippen molar-refractivity contribution < 1.29 is 22.7 Å². The first-order valence-electron chi connectivity index (χ1n) is 9.66. The molecule has 0 spiro atoms. The Bertz CT molecular complexity index is 1060. The van der Waals surface area contributed by atoms with Crippen LogP contribution >= 0.6 is 11.6 Å². The largest absolute Gasteiger partial charge is 0.446 e. The lowest BCUT2D eigenvalue weighted by molar-refractivity contribution is -0.117. The van der Waals surface area contributed by atoms with E-state index in [1.54, 1.807) is 36.9 Å². The molecule has 0 aromatic heterocycles. The van der Waals surface area contributed by atoms with Crippen molar-refractivity contribution >= 4 is 50.4 Å². The van der Waals surface area contributed by atoms with E-state index in [9.17, 15) is 18.0 Å². The summed E-state index contributed by atoms with van der Waals surface area (Å²) in [4.78, 5) is 28.1. The standard InChI is InChI=1S/C22H27ClN2O5S/c1-14(2)30-22(27)24-13-16(4)25(17(5)26)20-8-7-18(12-21(20)24)19(11-15(3)23)9-10-31(6,28)29/h7-12,14,16H,3,13H2,1-2,4-6H3/b10-9+,19-11+/t16-/m0/s1. The van der Waals surface area contributed by atoms with Gasteiger partial charge in [-0.15, -0.1) is 0 Å². The fourth-order valence-corrected chi connectivity index (χ4v) is 3.83. The van der Waals surface area contributed by atoms with Crippen LogP contribution in [-0.4, -0.2) is 45.4 Å². The quantitative estimate of drug-likeness (QED) is 0.597. The van der Waals surface area contributed by atoms with Gasteiger partial charge in [0.15, 0.2) is 9.84 Å². The summed E-state index contributed by atoms with van der Waals surface area (Å²) in [6.07, 6.45) is 3.18. The summed E-state index contributed by atoms with van der Waals surface area (Å²) >= 11 is 5.94. The number of halogens is 1. The molecule has 0 radical (unpaired) electrons. The van der Waals surface area contributed by atoms with Gasteiger partial charge in [0.25, 0.3) is 0 Å². The first-order chi connectivity index (χ1) is 14.3. The number of nitrogens with zero attached hydrogens (tertiary/aromatic N) is 2. The Kier molecular flexibility index (Phi) is 7.72.